The monoisotopic (exact) mass is 328 g/mol. The van der Waals surface area contributed by atoms with Crippen LogP contribution in [0.1, 0.15) is 45.5 Å². The first-order chi connectivity index (χ1) is 11.1. The van der Waals surface area contributed by atoms with Crippen LogP contribution in [0.4, 0.5) is 0 Å². The summed E-state index contributed by atoms with van der Waals surface area (Å²) >= 11 is 1.72. The van der Waals surface area contributed by atoms with E-state index in [9.17, 15) is 9.59 Å². The molecule has 2 amide bonds. The summed E-state index contributed by atoms with van der Waals surface area (Å²) in [6, 6.07) is 11.4. The predicted octanol–water partition coefficient (Wildman–Crippen LogP) is 3.33. The first kappa shape index (κ1) is 15.9. The Morgan fingerprint density at radius 1 is 1.04 bits per heavy atom. The molecule has 0 saturated heterocycles. The second-order valence-electron chi connectivity index (χ2n) is 6.00. The Kier molecular flexibility index (Phi) is 4.59. The van der Waals surface area contributed by atoms with Crippen molar-refractivity contribution < 1.29 is 9.59 Å². The molecule has 0 aliphatic carbocycles. The fourth-order valence-electron chi connectivity index (χ4n) is 2.91. The van der Waals surface area contributed by atoms with Gasteiger partial charge in [-0.05, 0) is 29.5 Å². The molecule has 4 nitrogen and oxygen atoms in total. The fraction of sp³-hybridized carbons (Fsp3) is 0.333. The molecular weight excluding hydrogens is 308 g/mol. The normalized spacial score (nSPS) is 15.3. The van der Waals surface area contributed by atoms with E-state index in [1.54, 1.807) is 35.6 Å². The molecular formula is C18H20N2O2S. The third kappa shape index (κ3) is 3.07. The Hall–Kier alpha value is -1.98. The number of fused-ring (bicyclic) bond motifs is 1. The molecule has 0 spiro atoms. The fourth-order valence-corrected chi connectivity index (χ4v) is 3.88. The Morgan fingerprint density at radius 3 is 2.22 bits per heavy atom. The van der Waals surface area contributed by atoms with Gasteiger partial charge >= 0.3 is 0 Å². The maximum Gasteiger partial charge on any atom is 0.261 e. The Balaban J connectivity index is 1.63. The van der Waals surface area contributed by atoms with Crippen LogP contribution in [-0.4, -0.2) is 29.8 Å². The van der Waals surface area contributed by atoms with Gasteiger partial charge in [0.05, 0.1) is 11.1 Å². The Bertz CT molecular complexity index is 675. The molecule has 2 aromatic rings. The Morgan fingerprint density at radius 2 is 1.70 bits per heavy atom. The third-order valence-corrected chi connectivity index (χ3v) is 5.05. The molecule has 1 aliphatic heterocycles. The molecule has 0 unspecified atom stereocenters. The number of carbonyl (C=O) groups excluding carboxylic acids is 2. The van der Waals surface area contributed by atoms with Crippen molar-refractivity contribution in [2.75, 3.05) is 13.1 Å². The van der Waals surface area contributed by atoms with Crippen molar-refractivity contribution >= 4 is 23.2 Å². The summed E-state index contributed by atoms with van der Waals surface area (Å²) in [5, 5.41) is 5.55. The molecule has 1 aromatic heterocycles. The van der Waals surface area contributed by atoms with E-state index in [0.29, 0.717) is 30.1 Å². The summed E-state index contributed by atoms with van der Waals surface area (Å²) in [7, 11) is 0. The highest BCUT2D eigenvalue weighted by Gasteiger charge is 2.34. The number of hydrogen-bond acceptors (Lipinski definition) is 4. The zero-order chi connectivity index (χ0) is 16.4. The zero-order valence-corrected chi connectivity index (χ0v) is 14.1. The first-order valence-corrected chi connectivity index (χ1v) is 8.69. The van der Waals surface area contributed by atoms with E-state index in [0.717, 1.165) is 0 Å². The second-order valence-corrected chi connectivity index (χ2v) is 6.98. The lowest BCUT2D eigenvalue weighted by atomic mass is 10.0. The van der Waals surface area contributed by atoms with Gasteiger partial charge in [-0.2, -0.15) is 0 Å². The zero-order valence-electron chi connectivity index (χ0n) is 13.3. The van der Waals surface area contributed by atoms with E-state index in [1.165, 1.54) is 9.78 Å². The molecule has 120 valence electrons. The van der Waals surface area contributed by atoms with Gasteiger partial charge in [0.15, 0.2) is 0 Å². The minimum Gasteiger partial charge on any atom is -0.307 e. The van der Waals surface area contributed by atoms with Crippen molar-refractivity contribution in [3.8, 4) is 0 Å². The smallest absolute Gasteiger partial charge is 0.261 e. The van der Waals surface area contributed by atoms with Crippen LogP contribution in [-0.2, 0) is 0 Å². The molecule has 0 bridgehead atoms. The molecule has 3 rings (SSSR count). The van der Waals surface area contributed by atoms with Gasteiger partial charge in [-0.3, -0.25) is 14.5 Å². The largest absolute Gasteiger partial charge is 0.307 e. The van der Waals surface area contributed by atoms with E-state index >= 15 is 0 Å². The first-order valence-electron chi connectivity index (χ1n) is 7.81. The predicted molar refractivity (Wildman–Crippen MR) is 91.7 cm³/mol. The Labute approximate surface area is 140 Å². The molecule has 2 heterocycles. The number of benzene rings is 1. The summed E-state index contributed by atoms with van der Waals surface area (Å²) < 4.78 is 0. The minimum absolute atomic E-state index is 0.190. The average molecular weight is 328 g/mol. The van der Waals surface area contributed by atoms with Crippen LogP contribution in [0.2, 0.25) is 0 Å². The van der Waals surface area contributed by atoms with Gasteiger partial charge in [-0.15, -0.1) is 11.3 Å². The highest BCUT2D eigenvalue weighted by atomic mass is 32.1. The highest BCUT2D eigenvalue weighted by Crippen LogP contribution is 2.26. The highest BCUT2D eigenvalue weighted by molar-refractivity contribution is 7.10. The lowest BCUT2D eigenvalue weighted by molar-refractivity contribution is 0.0654. The molecule has 1 atom stereocenters. The number of imide groups is 1. The van der Waals surface area contributed by atoms with Crippen LogP contribution >= 0.6 is 11.3 Å². The number of hydrogen-bond donors (Lipinski definition) is 1. The van der Waals surface area contributed by atoms with Gasteiger partial charge in [0.25, 0.3) is 11.8 Å². The van der Waals surface area contributed by atoms with Gasteiger partial charge in [0.2, 0.25) is 0 Å². The maximum atomic E-state index is 12.3. The molecule has 23 heavy (non-hydrogen) atoms. The van der Waals surface area contributed by atoms with E-state index in [1.807, 2.05) is 6.07 Å². The summed E-state index contributed by atoms with van der Waals surface area (Å²) in [5.74, 6) is 0.0602. The third-order valence-electron chi connectivity index (χ3n) is 4.09. The van der Waals surface area contributed by atoms with E-state index in [2.05, 4.69) is 30.6 Å². The number of thiophene rings is 1. The second kappa shape index (κ2) is 6.64. The molecule has 1 N–H and O–H groups in total. The number of amides is 2. The van der Waals surface area contributed by atoms with Gasteiger partial charge in [0, 0.05) is 24.0 Å². The van der Waals surface area contributed by atoms with Crippen LogP contribution in [0.25, 0.3) is 0 Å². The molecule has 1 aromatic carbocycles. The van der Waals surface area contributed by atoms with E-state index in [-0.39, 0.29) is 17.9 Å². The number of carbonyl (C=O) groups is 2. The van der Waals surface area contributed by atoms with Gasteiger partial charge < -0.3 is 5.32 Å². The number of nitrogens with one attached hydrogen (secondary N) is 1. The van der Waals surface area contributed by atoms with Gasteiger partial charge in [0.1, 0.15) is 0 Å². The van der Waals surface area contributed by atoms with Crippen LogP contribution in [0.15, 0.2) is 41.8 Å². The summed E-state index contributed by atoms with van der Waals surface area (Å²) in [4.78, 5) is 27.3. The van der Waals surface area contributed by atoms with Crippen molar-refractivity contribution in [2.45, 2.75) is 19.9 Å². The van der Waals surface area contributed by atoms with Crippen molar-refractivity contribution in [2.24, 2.45) is 5.92 Å². The summed E-state index contributed by atoms with van der Waals surface area (Å²) in [6.07, 6.45) is 0. The number of rotatable bonds is 6. The molecule has 5 heteroatoms. The molecule has 0 saturated carbocycles. The lowest BCUT2D eigenvalue weighted by Gasteiger charge is -2.23. The van der Waals surface area contributed by atoms with Gasteiger partial charge in [-0.1, -0.05) is 32.0 Å². The maximum absolute atomic E-state index is 12.3. The molecule has 1 aliphatic rings. The standard InChI is InChI=1S/C18H20N2O2S/c1-12(2)16(15-8-5-11-23-15)19-9-10-20-17(21)13-6-3-4-7-14(13)18(20)22/h3-8,11-12,16,19H,9-10H2,1-2H3/t16-/m1/s1. The van der Waals surface area contributed by atoms with Crippen molar-refractivity contribution in [3.05, 3.63) is 57.8 Å². The van der Waals surface area contributed by atoms with Crippen LogP contribution < -0.4 is 5.32 Å². The van der Waals surface area contributed by atoms with E-state index < -0.39 is 0 Å². The van der Waals surface area contributed by atoms with Crippen LogP contribution in [0.5, 0.6) is 0 Å². The lowest BCUT2D eigenvalue weighted by Crippen LogP contribution is -2.38. The van der Waals surface area contributed by atoms with Gasteiger partial charge in [-0.25, -0.2) is 0 Å². The summed E-state index contributed by atoms with van der Waals surface area (Å²) in [6.45, 7) is 5.31. The molecule has 0 radical (unpaired) electrons. The summed E-state index contributed by atoms with van der Waals surface area (Å²) in [5.41, 5.74) is 1.02. The topological polar surface area (TPSA) is 49.4 Å². The van der Waals surface area contributed by atoms with Crippen LogP contribution in [0.3, 0.4) is 0 Å². The van der Waals surface area contributed by atoms with Crippen molar-refractivity contribution in [1.29, 1.82) is 0 Å². The minimum atomic E-state index is -0.190. The van der Waals surface area contributed by atoms with Crippen LogP contribution in [0, 0.1) is 5.92 Å². The SMILES string of the molecule is CC(C)[C@@H](NCCN1C(=O)c2ccccc2C1=O)c1cccs1. The quantitative estimate of drug-likeness (QED) is 0.828. The van der Waals surface area contributed by atoms with Crippen molar-refractivity contribution in [3.63, 3.8) is 0 Å². The number of nitrogens with zero attached hydrogens (tertiary/aromatic N) is 1. The molecule has 0 fully saturated rings. The van der Waals surface area contributed by atoms with E-state index in [4.69, 9.17) is 0 Å². The van der Waals surface area contributed by atoms with Crippen molar-refractivity contribution in [1.82, 2.24) is 10.2 Å². The average Bonchev–Trinajstić information content (AvgIpc) is 3.14.